The molecule has 7 nitrogen and oxygen atoms in total. The number of fused-ring (bicyclic) bond motifs is 1. The van der Waals surface area contributed by atoms with E-state index >= 15 is 0 Å². The monoisotopic (exact) mass is 556 g/mol. The molecule has 0 atom stereocenters. The lowest BCUT2D eigenvalue weighted by Crippen LogP contribution is -2.29. The van der Waals surface area contributed by atoms with Crippen molar-refractivity contribution in [3.63, 3.8) is 0 Å². The summed E-state index contributed by atoms with van der Waals surface area (Å²) in [6, 6.07) is 13.5. The Morgan fingerprint density at radius 3 is 2.10 bits per heavy atom. The standard InChI is InChI=1S/C19H18F3N3O2.C9H11NO.C2H6/c1-9(2)16(11(4)19(20,21)22)25-18(27)13-8-15(17(23)26)24-14-7-10(3)5-6-12(13)14;1-2-7-4-3-5-8(6-7)9(10)11;1-2/h5-8H,4H2,1-3H3,(H2,23,26)(H,25,27);3-6H,2H2,1H3,(H2,10,11);1-2H3. The predicted octanol–water partition coefficient (Wildman–Crippen LogP) is 6.16. The molecule has 0 aliphatic carbocycles. The number of carbonyl (C=O) groups excluding carboxylic acids is 3. The van der Waals surface area contributed by atoms with Gasteiger partial charge in [-0.3, -0.25) is 14.4 Å². The van der Waals surface area contributed by atoms with Gasteiger partial charge >= 0.3 is 6.18 Å². The van der Waals surface area contributed by atoms with Gasteiger partial charge in [0.15, 0.2) is 0 Å². The van der Waals surface area contributed by atoms with Crippen molar-refractivity contribution >= 4 is 28.6 Å². The van der Waals surface area contributed by atoms with E-state index in [1.54, 1.807) is 31.2 Å². The molecule has 0 saturated heterocycles. The Bertz CT molecular complexity index is 1440. The number of carbonyl (C=O) groups is 3. The van der Waals surface area contributed by atoms with Crippen molar-refractivity contribution in [3.05, 3.63) is 99.9 Å². The number of nitrogens with two attached hydrogens (primary N) is 2. The molecule has 0 unspecified atom stereocenters. The number of aromatic nitrogens is 1. The van der Waals surface area contributed by atoms with E-state index in [0.29, 0.717) is 16.5 Å². The summed E-state index contributed by atoms with van der Waals surface area (Å²) >= 11 is 0. The molecular formula is C30H35F3N4O3. The molecule has 214 valence electrons. The van der Waals surface area contributed by atoms with E-state index in [0.717, 1.165) is 23.6 Å². The van der Waals surface area contributed by atoms with Gasteiger partial charge in [0.05, 0.1) is 22.4 Å². The summed E-state index contributed by atoms with van der Waals surface area (Å²) in [7, 11) is 0. The van der Waals surface area contributed by atoms with Gasteiger partial charge in [0, 0.05) is 10.9 Å². The number of rotatable bonds is 6. The molecule has 0 spiro atoms. The van der Waals surface area contributed by atoms with Crippen LogP contribution in [0.4, 0.5) is 13.2 Å². The average Bonchev–Trinajstić information content (AvgIpc) is 2.91. The van der Waals surface area contributed by atoms with Crippen LogP contribution in [0.15, 0.2) is 72.0 Å². The topological polar surface area (TPSA) is 128 Å². The van der Waals surface area contributed by atoms with E-state index in [9.17, 15) is 27.6 Å². The third-order valence-corrected chi connectivity index (χ3v) is 5.46. The second-order valence-corrected chi connectivity index (χ2v) is 8.66. The van der Waals surface area contributed by atoms with E-state index < -0.39 is 29.3 Å². The van der Waals surface area contributed by atoms with E-state index in [4.69, 9.17) is 11.5 Å². The zero-order chi connectivity index (χ0) is 30.8. The fourth-order valence-electron chi connectivity index (χ4n) is 3.42. The fourth-order valence-corrected chi connectivity index (χ4v) is 3.42. The zero-order valence-corrected chi connectivity index (χ0v) is 23.5. The van der Waals surface area contributed by atoms with Gasteiger partial charge in [0.25, 0.3) is 11.8 Å². The van der Waals surface area contributed by atoms with Gasteiger partial charge in [-0.2, -0.15) is 13.2 Å². The van der Waals surface area contributed by atoms with Crippen LogP contribution in [0.2, 0.25) is 0 Å². The van der Waals surface area contributed by atoms with Crippen molar-refractivity contribution in [2.75, 3.05) is 0 Å². The van der Waals surface area contributed by atoms with Crippen LogP contribution in [0, 0.1) is 6.92 Å². The molecule has 3 rings (SSSR count). The van der Waals surface area contributed by atoms with Gasteiger partial charge in [-0.1, -0.05) is 57.2 Å². The number of primary amides is 2. The van der Waals surface area contributed by atoms with Crippen molar-refractivity contribution in [2.45, 2.75) is 54.1 Å². The first kappa shape index (κ1) is 33.6. The van der Waals surface area contributed by atoms with Gasteiger partial charge in [-0.25, -0.2) is 4.98 Å². The van der Waals surface area contributed by atoms with Crippen molar-refractivity contribution in [1.82, 2.24) is 10.3 Å². The highest BCUT2D eigenvalue weighted by atomic mass is 19.4. The van der Waals surface area contributed by atoms with Crippen LogP contribution in [0.3, 0.4) is 0 Å². The Morgan fingerprint density at radius 1 is 0.975 bits per heavy atom. The number of alkyl halides is 3. The minimum atomic E-state index is -4.70. The zero-order valence-electron chi connectivity index (χ0n) is 23.5. The molecule has 0 bridgehead atoms. The van der Waals surface area contributed by atoms with E-state index in [1.807, 2.05) is 39.0 Å². The summed E-state index contributed by atoms with van der Waals surface area (Å²) < 4.78 is 39.1. The lowest BCUT2D eigenvalue weighted by Gasteiger charge is -2.18. The summed E-state index contributed by atoms with van der Waals surface area (Å²) in [6.07, 6.45) is -3.77. The van der Waals surface area contributed by atoms with Gasteiger partial charge < -0.3 is 16.8 Å². The van der Waals surface area contributed by atoms with E-state index in [2.05, 4.69) is 16.9 Å². The first-order valence-corrected chi connectivity index (χ1v) is 12.5. The van der Waals surface area contributed by atoms with Crippen molar-refractivity contribution < 1.29 is 27.6 Å². The molecule has 3 aromatic rings. The molecule has 0 aliphatic rings. The second kappa shape index (κ2) is 14.6. The molecule has 3 amide bonds. The molecule has 1 heterocycles. The number of nitrogens with one attached hydrogen (secondary N) is 1. The highest BCUT2D eigenvalue weighted by molar-refractivity contribution is 6.09. The van der Waals surface area contributed by atoms with E-state index in [1.165, 1.54) is 13.8 Å². The molecule has 10 heteroatoms. The molecule has 40 heavy (non-hydrogen) atoms. The van der Waals surface area contributed by atoms with Crippen LogP contribution in [0.25, 0.3) is 10.9 Å². The number of halogens is 3. The number of nitrogens with zero attached hydrogens (tertiary/aromatic N) is 1. The summed E-state index contributed by atoms with van der Waals surface area (Å²) in [4.78, 5) is 39.1. The van der Waals surface area contributed by atoms with Crippen molar-refractivity contribution in [2.24, 2.45) is 11.5 Å². The summed E-state index contributed by atoms with van der Waals surface area (Å²) in [5.41, 5.74) is 11.7. The van der Waals surface area contributed by atoms with Crippen LogP contribution in [0.5, 0.6) is 0 Å². The Labute approximate surface area is 232 Å². The van der Waals surface area contributed by atoms with Gasteiger partial charge in [-0.05, 0) is 62.6 Å². The third kappa shape index (κ3) is 9.07. The van der Waals surface area contributed by atoms with Crippen LogP contribution < -0.4 is 16.8 Å². The maximum Gasteiger partial charge on any atom is 0.417 e. The molecule has 5 N–H and O–H groups in total. The van der Waals surface area contributed by atoms with E-state index in [-0.39, 0.29) is 22.7 Å². The average molecular weight is 557 g/mol. The Morgan fingerprint density at radius 2 is 1.60 bits per heavy atom. The Balaban J connectivity index is 0.000000512. The normalized spacial score (nSPS) is 10.3. The quantitative estimate of drug-likeness (QED) is 0.314. The molecule has 0 fully saturated rings. The molecule has 0 radical (unpaired) electrons. The first-order chi connectivity index (χ1) is 18.6. The van der Waals surface area contributed by atoms with Crippen LogP contribution in [-0.4, -0.2) is 28.9 Å². The molecule has 2 aromatic carbocycles. The van der Waals surface area contributed by atoms with Gasteiger partial charge in [-0.15, -0.1) is 0 Å². The maximum absolute atomic E-state index is 13.0. The summed E-state index contributed by atoms with van der Waals surface area (Å²) in [5.74, 6) is -2.04. The number of aryl methyl sites for hydroxylation is 2. The summed E-state index contributed by atoms with van der Waals surface area (Å²) in [6.45, 7) is 13.7. The number of hydrogen-bond acceptors (Lipinski definition) is 4. The smallest absolute Gasteiger partial charge is 0.366 e. The summed E-state index contributed by atoms with van der Waals surface area (Å²) in [5, 5.41) is 2.64. The number of hydrogen-bond donors (Lipinski definition) is 3. The van der Waals surface area contributed by atoms with Crippen LogP contribution >= 0.6 is 0 Å². The Hall–Kier alpha value is -4.47. The van der Waals surface area contributed by atoms with Gasteiger partial charge in [0.1, 0.15) is 5.69 Å². The van der Waals surface area contributed by atoms with Crippen molar-refractivity contribution in [1.29, 1.82) is 0 Å². The SMILES string of the molecule is C=C(C(NC(=O)c1cc(C(N)=O)nc2cc(C)ccc12)=C(C)C)C(F)(F)F.CC.CCc1cccc(C(N)=O)c1. The minimum absolute atomic E-state index is 0.0116. The highest BCUT2D eigenvalue weighted by Crippen LogP contribution is 2.30. The first-order valence-electron chi connectivity index (χ1n) is 12.5. The largest absolute Gasteiger partial charge is 0.417 e. The van der Waals surface area contributed by atoms with Crippen molar-refractivity contribution in [3.8, 4) is 0 Å². The number of allylic oxidation sites excluding steroid dienone is 2. The Kier molecular flexibility index (Phi) is 12.3. The molecule has 0 saturated carbocycles. The second-order valence-electron chi connectivity index (χ2n) is 8.66. The molecular weight excluding hydrogens is 521 g/mol. The highest BCUT2D eigenvalue weighted by Gasteiger charge is 2.35. The minimum Gasteiger partial charge on any atom is -0.366 e. The van der Waals surface area contributed by atoms with Crippen LogP contribution in [-0.2, 0) is 6.42 Å². The fraction of sp³-hybridized carbons (Fsp3) is 0.267. The van der Waals surface area contributed by atoms with Crippen LogP contribution in [0.1, 0.15) is 77.0 Å². The number of benzene rings is 2. The predicted molar refractivity (Wildman–Crippen MR) is 152 cm³/mol. The molecule has 1 aromatic heterocycles. The van der Waals surface area contributed by atoms with Gasteiger partial charge in [0.2, 0.25) is 5.91 Å². The number of pyridine rings is 1. The lowest BCUT2D eigenvalue weighted by molar-refractivity contribution is -0.0894. The third-order valence-electron chi connectivity index (χ3n) is 5.46. The maximum atomic E-state index is 13.0. The lowest BCUT2D eigenvalue weighted by atomic mass is 10.0. The molecule has 0 aliphatic heterocycles. The number of amides is 3.